The zero-order chi connectivity index (χ0) is 14.7. The molecule has 0 aromatic heterocycles. The number of aliphatic carboxylic acids is 1. The predicted octanol–water partition coefficient (Wildman–Crippen LogP) is 3.78. The molecule has 0 aliphatic rings. The van der Waals surface area contributed by atoms with Crippen molar-refractivity contribution in [1.82, 2.24) is 0 Å². The SMILES string of the molecule is COc1cc(Br)c(C(C)C(=O)O)c(C(C)C)c1OC. The van der Waals surface area contributed by atoms with Gasteiger partial charge >= 0.3 is 5.97 Å². The van der Waals surface area contributed by atoms with Gasteiger partial charge in [0.15, 0.2) is 11.5 Å². The van der Waals surface area contributed by atoms with Crippen LogP contribution in [0.15, 0.2) is 10.5 Å². The Morgan fingerprint density at radius 2 is 1.79 bits per heavy atom. The number of carbonyl (C=O) groups is 1. The van der Waals surface area contributed by atoms with Crippen LogP contribution in [0.25, 0.3) is 0 Å². The van der Waals surface area contributed by atoms with Crippen molar-refractivity contribution in [1.29, 1.82) is 0 Å². The summed E-state index contributed by atoms with van der Waals surface area (Å²) >= 11 is 3.44. The zero-order valence-corrected chi connectivity index (χ0v) is 13.4. The Morgan fingerprint density at radius 3 is 2.16 bits per heavy atom. The van der Waals surface area contributed by atoms with Crippen LogP contribution in [-0.4, -0.2) is 25.3 Å². The van der Waals surface area contributed by atoms with E-state index in [1.165, 1.54) is 0 Å². The highest BCUT2D eigenvalue weighted by molar-refractivity contribution is 9.10. The fraction of sp³-hybridized carbons (Fsp3) is 0.500. The molecule has 0 spiro atoms. The van der Waals surface area contributed by atoms with E-state index in [9.17, 15) is 9.90 Å². The number of rotatable bonds is 5. The molecular formula is C14H19BrO4. The first-order chi connectivity index (χ1) is 8.84. The number of carboxylic acids is 1. The maximum atomic E-state index is 11.3. The minimum absolute atomic E-state index is 0.123. The minimum atomic E-state index is -0.866. The fourth-order valence-electron chi connectivity index (χ4n) is 2.14. The second-order valence-electron chi connectivity index (χ2n) is 4.64. The summed E-state index contributed by atoms with van der Waals surface area (Å²) in [7, 11) is 3.13. The smallest absolute Gasteiger partial charge is 0.310 e. The van der Waals surface area contributed by atoms with Crippen molar-refractivity contribution in [3.05, 3.63) is 21.7 Å². The molecule has 0 radical (unpaired) electrons. The normalized spacial score (nSPS) is 12.4. The molecule has 1 aromatic carbocycles. The predicted molar refractivity (Wildman–Crippen MR) is 77.4 cm³/mol. The van der Waals surface area contributed by atoms with Gasteiger partial charge in [0.1, 0.15) is 0 Å². The molecule has 106 valence electrons. The van der Waals surface area contributed by atoms with Gasteiger partial charge in [-0.1, -0.05) is 29.8 Å². The Kier molecular flexibility index (Phi) is 5.23. The standard InChI is InChI=1S/C14H19BrO4/c1-7(2)11-12(8(3)14(16)17)9(15)6-10(18-4)13(11)19-5/h6-8H,1-5H3,(H,16,17). The van der Waals surface area contributed by atoms with Crippen molar-refractivity contribution in [3.8, 4) is 11.5 Å². The molecule has 19 heavy (non-hydrogen) atoms. The Balaban J connectivity index is 3.66. The van der Waals surface area contributed by atoms with Gasteiger partial charge in [0.2, 0.25) is 0 Å². The molecule has 0 aliphatic heterocycles. The van der Waals surface area contributed by atoms with Crippen LogP contribution < -0.4 is 9.47 Å². The molecular weight excluding hydrogens is 312 g/mol. The molecule has 1 atom stereocenters. The molecule has 0 amide bonds. The van der Waals surface area contributed by atoms with Crippen LogP contribution >= 0.6 is 15.9 Å². The molecule has 4 nitrogen and oxygen atoms in total. The molecule has 1 N–H and O–H groups in total. The summed E-state index contributed by atoms with van der Waals surface area (Å²) in [4.78, 5) is 11.3. The Morgan fingerprint density at radius 1 is 1.21 bits per heavy atom. The summed E-state index contributed by atoms with van der Waals surface area (Å²) < 4.78 is 11.4. The topological polar surface area (TPSA) is 55.8 Å². The van der Waals surface area contributed by atoms with Gasteiger partial charge in [-0.05, 0) is 24.5 Å². The van der Waals surface area contributed by atoms with Gasteiger partial charge in [0.25, 0.3) is 0 Å². The monoisotopic (exact) mass is 330 g/mol. The molecule has 0 fully saturated rings. The van der Waals surface area contributed by atoms with Crippen molar-refractivity contribution in [2.45, 2.75) is 32.6 Å². The fourth-order valence-corrected chi connectivity index (χ4v) is 2.91. The lowest BCUT2D eigenvalue weighted by Crippen LogP contribution is -2.13. The van der Waals surface area contributed by atoms with E-state index in [1.54, 1.807) is 27.2 Å². The number of carboxylic acid groups (broad SMARTS) is 1. The van der Waals surface area contributed by atoms with Gasteiger partial charge in [0, 0.05) is 10.0 Å². The average Bonchev–Trinajstić information content (AvgIpc) is 2.35. The number of hydrogen-bond donors (Lipinski definition) is 1. The first-order valence-electron chi connectivity index (χ1n) is 6.02. The summed E-state index contributed by atoms with van der Waals surface area (Å²) in [5.74, 6) is -0.164. The molecule has 1 rings (SSSR count). The van der Waals surface area contributed by atoms with E-state index >= 15 is 0 Å². The highest BCUT2D eigenvalue weighted by Gasteiger charge is 2.27. The van der Waals surface area contributed by atoms with Crippen LogP contribution in [0.4, 0.5) is 0 Å². The van der Waals surface area contributed by atoms with Crippen LogP contribution in [0.2, 0.25) is 0 Å². The summed E-state index contributed by atoms with van der Waals surface area (Å²) in [6, 6.07) is 1.75. The highest BCUT2D eigenvalue weighted by Crippen LogP contribution is 2.44. The average molecular weight is 331 g/mol. The van der Waals surface area contributed by atoms with Crippen LogP contribution in [0.1, 0.15) is 43.7 Å². The van der Waals surface area contributed by atoms with Gasteiger partial charge < -0.3 is 14.6 Å². The number of methoxy groups -OCH3 is 2. The second-order valence-corrected chi connectivity index (χ2v) is 5.49. The van der Waals surface area contributed by atoms with Crippen LogP contribution in [0.5, 0.6) is 11.5 Å². The Hall–Kier alpha value is -1.23. The van der Waals surface area contributed by atoms with E-state index in [4.69, 9.17) is 9.47 Å². The Bertz CT molecular complexity index is 483. The molecule has 0 heterocycles. The molecule has 0 saturated carbocycles. The van der Waals surface area contributed by atoms with Crippen LogP contribution in [-0.2, 0) is 4.79 Å². The van der Waals surface area contributed by atoms with E-state index < -0.39 is 11.9 Å². The van der Waals surface area contributed by atoms with Gasteiger partial charge in [-0.2, -0.15) is 0 Å². The largest absolute Gasteiger partial charge is 0.493 e. The molecule has 0 saturated heterocycles. The number of halogens is 1. The quantitative estimate of drug-likeness (QED) is 0.892. The Labute approximate surface area is 121 Å². The number of ether oxygens (including phenoxy) is 2. The van der Waals surface area contributed by atoms with E-state index in [2.05, 4.69) is 15.9 Å². The van der Waals surface area contributed by atoms with E-state index in [-0.39, 0.29) is 5.92 Å². The van der Waals surface area contributed by atoms with Crippen molar-refractivity contribution < 1.29 is 19.4 Å². The van der Waals surface area contributed by atoms with E-state index in [1.807, 2.05) is 13.8 Å². The van der Waals surface area contributed by atoms with E-state index in [0.29, 0.717) is 11.5 Å². The maximum absolute atomic E-state index is 11.3. The minimum Gasteiger partial charge on any atom is -0.493 e. The van der Waals surface area contributed by atoms with Gasteiger partial charge in [0.05, 0.1) is 20.1 Å². The lowest BCUT2D eigenvalue weighted by atomic mass is 9.88. The van der Waals surface area contributed by atoms with E-state index in [0.717, 1.165) is 15.6 Å². The van der Waals surface area contributed by atoms with Crippen molar-refractivity contribution >= 4 is 21.9 Å². The van der Waals surface area contributed by atoms with Gasteiger partial charge in [-0.15, -0.1) is 0 Å². The molecule has 5 heteroatoms. The summed E-state index contributed by atoms with van der Waals surface area (Å²) in [6.45, 7) is 5.67. The maximum Gasteiger partial charge on any atom is 0.310 e. The first kappa shape index (κ1) is 15.8. The third-order valence-corrected chi connectivity index (χ3v) is 3.73. The highest BCUT2D eigenvalue weighted by atomic mass is 79.9. The molecule has 0 bridgehead atoms. The van der Waals surface area contributed by atoms with Crippen molar-refractivity contribution in [3.63, 3.8) is 0 Å². The van der Waals surface area contributed by atoms with Crippen molar-refractivity contribution in [2.75, 3.05) is 14.2 Å². The van der Waals surface area contributed by atoms with Crippen molar-refractivity contribution in [2.24, 2.45) is 0 Å². The molecule has 0 aliphatic carbocycles. The second kappa shape index (κ2) is 6.28. The number of hydrogen-bond acceptors (Lipinski definition) is 3. The summed E-state index contributed by atoms with van der Waals surface area (Å²) in [6.07, 6.45) is 0. The third kappa shape index (κ3) is 3.03. The lowest BCUT2D eigenvalue weighted by molar-refractivity contribution is -0.138. The van der Waals surface area contributed by atoms with Gasteiger partial charge in [-0.3, -0.25) is 4.79 Å². The lowest BCUT2D eigenvalue weighted by Gasteiger charge is -2.23. The number of benzene rings is 1. The summed E-state index contributed by atoms with van der Waals surface area (Å²) in [5.41, 5.74) is 1.60. The third-order valence-electron chi connectivity index (χ3n) is 3.08. The molecule has 1 unspecified atom stereocenters. The first-order valence-corrected chi connectivity index (χ1v) is 6.81. The van der Waals surface area contributed by atoms with Gasteiger partial charge in [-0.25, -0.2) is 0 Å². The van der Waals surface area contributed by atoms with Crippen LogP contribution in [0.3, 0.4) is 0 Å². The zero-order valence-electron chi connectivity index (χ0n) is 11.8. The van der Waals surface area contributed by atoms with Crippen LogP contribution in [0, 0.1) is 0 Å². The summed E-state index contributed by atoms with van der Waals surface area (Å²) in [5, 5.41) is 9.26. The molecule has 1 aromatic rings.